The number of benzene rings is 1. The van der Waals surface area contributed by atoms with Gasteiger partial charge in [-0.15, -0.1) is 10.2 Å². The molecule has 0 saturated carbocycles. The summed E-state index contributed by atoms with van der Waals surface area (Å²) in [5.41, 5.74) is 3.57. The molecule has 0 bridgehead atoms. The topological polar surface area (TPSA) is 93.4 Å². The summed E-state index contributed by atoms with van der Waals surface area (Å²) in [5.74, 6) is 2.43. The van der Waals surface area contributed by atoms with Crippen molar-refractivity contribution in [2.75, 3.05) is 36.5 Å². The summed E-state index contributed by atoms with van der Waals surface area (Å²) in [7, 11) is 0. The SMILES string of the molecule is Cc1nnc2ccc(-c3ccc(Nc4cc(N5CCOCC5)ncn4)cc3)nn12. The molecule has 0 radical (unpaired) electrons. The first-order valence-corrected chi connectivity index (χ1v) is 9.47. The van der Waals surface area contributed by atoms with Crippen molar-refractivity contribution < 1.29 is 4.74 Å². The zero-order chi connectivity index (χ0) is 19.6. The standard InChI is InChI=1S/C20H20N8O/c1-14-24-25-19-7-6-17(26-28(14)19)15-2-4-16(5-3-15)23-18-12-20(22-13-21-18)27-8-10-29-11-9-27/h2-7,12-13H,8-11H2,1H3,(H,21,22,23). The lowest BCUT2D eigenvalue weighted by molar-refractivity contribution is 0.122. The third kappa shape index (κ3) is 3.59. The number of hydrogen-bond acceptors (Lipinski definition) is 8. The summed E-state index contributed by atoms with van der Waals surface area (Å²) in [6.45, 7) is 5.02. The van der Waals surface area contributed by atoms with Gasteiger partial charge < -0.3 is 15.0 Å². The minimum absolute atomic E-state index is 0.725. The van der Waals surface area contributed by atoms with Crippen molar-refractivity contribution in [3.8, 4) is 11.3 Å². The number of hydrogen-bond donors (Lipinski definition) is 1. The summed E-state index contributed by atoms with van der Waals surface area (Å²) >= 11 is 0. The van der Waals surface area contributed by atoms with E-state index >= 15 is 0 Å². The molecular formula is C20H20N8O. The van der Waals surface area contributed by atoms with Crippen molar-refractivity contribution in [3.63, 3.8) is 0 Å². The lowest BCUT2D eigenvalue weighted by atomic mass is 10.1. The van der Waals surface area contributed by atoms with Gasteiger partial charge in [0.1, 0.15) is 18.0 Å². The van der Waals surface area contributed by atoms with Crippen molar-refractivity contribution >= 4 is 23.0 Å². The fourth-order valence-corrected chi connectivity index (χ4v) is 3.30. The van der Waals surface area contributed by atoms with Crippen molar-refractivity contribution in [3.05, 3.63) is 54.6 Å². The first-order valence-electron chi connectivity index (χ1n) is 9.47. The highest BCUT2D eigenvalue weighted by Gasteiger charge is 2.13. The largest absolute Gasteiger partial charge is 0.378 e. The second kappa shape index (κ2) is 7.44. The second-order valence-corrected chi connectivity index (χ2v) is 6.80. The zero-order valence-electron chi connectivity index (χ0n) is 16.0. The van der Waals surface area contributed by atoms with Crippen LogP contribution in [-0.4, -0.2) is 56.1 Å². The van der Waals surface area contributed by atoms with Crippen LogP contribution >= 0.6 is 0 Å². The molecule has 1 N–H and O–H groups in total. The van der Waals surface area contributed by atoms with Gasteiger partial charge in [-0.05, 0) is 31.2 Å². The molecule has 146 valence electrons. The van der Waals surface area contributed by atoms with Crippen LogP contribution in [0, 0.1) is 6.92 Å². The van der Waals surface area contributed by atoms with E-state index in [9.17, 15) is 0 Å². The van der Waals surface area contributed by atoms with Gasteiger partial charge in [-0.1, -0.05) is 12.1 Å². The highest BCUT2D eigenvalue weighted by Crippen LogP contribution is 2.23. The number of nitrogens with one attached hydrogen (secondary N) is 1. The van der Waals surface area contributed by atoms with E-state index in [0.29, 0.717) is 0 Å². The molecule has 0 amide bonds. The van der Waals surface area contributed by atoms with E-state index in [1.54, 1.807) is 10.8 Å². The van der Waals surface area contributed by atoms with Crippen LogP contribution in [0.15, 0.2) is 48.8 Å². The van der Waals surface area contributed by atoms with Crippen molar-refractivity contribution in [2.45, 2.75) is 6.92 Å². The molecule has 1 aliphatic rings. The summed E-state index contributed by atoms with van der Waals surface area (Å²) in [6, 6.07) is 13.9. The zero-order valence-corrected chi connectivity index (χ0v) is 16.0. The monoisotopic (exact) mass is 388 g/mol. The molecular weight excluding hydrogens is 368 g/mol. The number of fused-ring (bicyclic) bond motifs is 1. The molecule has 0 aliphatic carbocycles. The highest BCUT2D eigenvalue weighted by atomic mass is 16.5. The third-order valence-electron chi connectivity index (χ3n) is 4.86. The molecule has 9 heteroatoms. The Bertz CT molecular complexity index is 1130. The van der Waals surface area contributed by atoms with Crippen molar-refractivity contribution in [2.24, 2.45) is 0 Å². The third-order valence-corrected chi connectivity index (χ3v) is 4.86. The van der Waals surface area contributed by atoms with E-state index in [1.807, 2.05) is 49.4 Å². The van der Waals surface area contributed by atoms with Crippen LogP contribution in [0.5, 0.6) is 0 Å². The van der Waals surface area contributed by atoms with E-state index in [4.69, 9.17) is 4.74 Å². The number of rotatable bonds is 4. The minimum Gasteiger partial charge on any atom is -0.378 e. The molecule has 1 aliphatic heterocycles. The molecule has 0 spiro atoms. The Labute approximate surface area is 167 Å². The van der Waals surface area contributed by atoms with Gasteiger partial charge in [0.05, 0.1) is 18.9 Å². The van der Waals surface area contributed by atoms with E-state index in [2.05, 4.69) is 35.5 Å². The smallest absolute Gasteiger partial charge is 0.177 e. The Morgan fingerprint density at radius 3 is 2.62 bits per heavy atom. The molecule has 4 aromatic rings. The molecule has 1 fully saturated rings. The van der Waals surface area contributed by atoms with Gasteiger partial charge in [0.25, 0.3) is 0 Å². The predicted octanol–water partition coefficient (Wildman–Crippen LogP) is 2.47. The summed E-state index contributed by atoms with van der Waals surface area (Å²) in [4.78, 5) is 10.9. The quantitative estimate of drug-likeness (QED) is 0.570. The average Bonchev–Trinajstić information content (AvgIpc) is 3.15. The average molecular weight is 388 g/mol. The molecule has 0 unspecified atom stereocenters. The van der Waals surface area contributed by atoms with E-state index in [-0.39, 0.29) is 0 Å². The summed E-state index contributed by atoms with van der Waals surface area (Å²) in [6.07, 6.45) is 1.59. The Balaban J connectivity index is 1.34. The number of ether oxygens (including phenoxy) is 1. The fourth-order valence-electron chi connectivity index (χ4n) is 3.30. The predicted molar refractivity (Wildman–Crippen MR) is 109 cm³/mol. The maximum absolute atomic E-state index is 5.41. The maximum atomic E-state index is 5.41. The van der Waals surface area contributed by atoms with Crippen LogP contribution in [-0.2, 0) is 4.74 Å². The normalized spacial score (nSPS) is 14.3. The van der Waals surface area contributed by atoms with E-state index in [0.717, 1.165) is 66.4 Å². The Kier molecular flexibility index (Phi) is 4.49. The summed E-state index contributed by atoms with van der Waals surface area (Å²) in [5, 5.41) is 16.1. The Morgan fingerprint density at radius 2 is 1.79 bits per heavy atom. The maximum Gasteiger partial charge on any atom is 0.177 e. The van der Waals surface area contributed by atoms with Crippen molar-refractivity contribution in [1.29, 1.82) is 0 Å². The van der Waals surface area contributed by atoms with Gasteiger partial charge in [-0.3, -0.25) is 0 Å². The number of aryl methyl sites for hydroxylation is 1. The molecule has 3 aromatic heterocycles. The Morgan fingerprint density at radius 1 is 0.966 bits per heavy atom. The number of morpholine rings is 1. The van der Waals surface area contributed by atoms with Crippen LogP contribution in [0.25, 0.3) is 16.9 Å². The first kappa shape index (κ1) is 17.5. The van der Waals surface area contributed by atoms with Gasteiger partial charge in [0.15, 0.2) is 11.5 Å². The molecule has 29 heavy (non-hydrogen) atoms. The first-order chi connectivity index (χ1) is 14.3. The molecule has 1 aromatic carbocycles. The molecule has 5 rings (SSSR count). The fraction of sp³-hybridized carbons (Fsp3) is 0.250. The Hall–Kier alpha value is -3.59. The van der Waals surface area contributed by atoms with Gasteiger partial charge in [0, 0.05) is 30.4 Å². The number of nitrogens with zero attached hydrogens (tertiary/aromatic N) is 7. The van der Waals surface area contributed by atoms with Gasteiger partial charge in [0.2, 0.25) is 0 Å². The van der Waals surface area contributed by atoms with Crippen LogP contribution in [0.1, 0.15) is 5.82 Å². The lowest BCUT2D eigenvalue weighted by Crippen LogP contribution is -2.36. The molecule has 1 saturated heterocycles. The second-order valence-electron chi connectivity index (χ2n) is 6.80. The van der Waals surface area contributed by atoms with E-state index < -0.39 is 0 Å². The van der Waals surface area contributed by atoms with Gasteiger partial charge in [-0.2, -0.15) is 9.61 Å². The van der Waals surface area contributed by atoms with Crippen LogP contribution in [0.3, 0.4) is 0 Å². The van der Waals surface area contributed by atoms with Gasteiger partial charge >= 0.3 is 0 Å². The lowest BCUT2D eigenvalue weighted by Gasteiger charge is -2.27. The van der Waals surface area contributed by atoms with Crippen LogP contribution in [0.4, 0.5) is 17.3 Å². The van der Waals surface area contributed by atoms with Crippen LogP contribution in [0.2, 0.25) is 0 Å². The number of anilines is 3. The molecule has 0 atom stereocenters. The highest BCUT2D eigenvalue weighted by molar-refractivity contribution is 5.66. The van der Waals surface area contributed by atoms with E-state index in [1.165, 1.54) is 0 Å². The minimum atomic E-state index is 0.725. The van der Waals surface area contributed by atoms with Crippen molar-refractivity contribution in [1.82, 2.24) is 29.8 Å². The van der Waals surface area contributed by atoms with Gasteiger partial charge in [-0.25, -0.2) is 9.97 Å². The van der Waals surface area contributed by atoms with Crippen LogP contribution < -0.4 is 10.2 Å². The molecule has 4 heterocycles. The molecule has 9 nitrogen and oxygen atoms in total. The summed E-state index contributed by atoms with van der Waals surface area (Å²) < 4.78 is 7.15. The number of aromatic nitrogens is 6.